The normalized spacial score (nSPS) is 13.3. The molecule has 0 saturated heterocycles. The van der Waals surface area contributed by atoms with Crippen molar-refractivity contribution in [3.63, 3.8) is 0 Å². The average molecular weight is 546 g/mol. The van der Waals surface area contributed by atoms with Crippen LogP contribution in [0, 0.1) is 12.7 Å². The van der Waals surface area contributed by atoms with Crippen LogP contribution in [0.1, 0.15) is 39.2 Å². The molecule has 1 fully saturated rings. The number of nitrogens with one attached hydrogen (secondary N) is 2. The van der Waals surface area contributed by atoms with Gasteiger partial charge in [0, 0.05) is 37.5 Å². The van der Waals surface area contributed by atoms with Gasteiger partial charge in [0.2, 0.25) is 0 Å². The van der Waals surface area contributed by atoms with E-state index in [2.05, 4.69) is 10.6 Å². The van der Waals surface area contributed by atoms with E-state index in [1.54, 1.807) is 69.2 Å². The van der Waals surface area contributed by atoms with Crippen LogP contribution in [0.5, 0.6) is 5.75 Å². The van der Waals surface area contributed by atoms with Crippen molar-refractivity contribution < 1.29 is 18.7 Å². The number of aldehydes is 1. The van der Waals surface area contributed by atoms with Crippen molar-refractivity contribution in [2.45, 2.75) is 46.6 Å². The molecule has 0 aliphatic heterocycles. The molecule has 0 radical (unpaired) electrons. The zero-order valence-corrected chi connectivity index (χ0v) is 24.0. The number of allylic oxidation sites excluding steroid dienone is 1. The van der Waals surface area contributed by atoms with Gasteiger partial charge < -0.3 is 26.0 Å². The molecular weight excluding hydrogens is 505 g/mol. The van der Waals surface area contributed by atoms with Gasteiger partial charge in [-0.15, -0.1) is 0 Å². The third-order valence-corrected chi connectivity index (χ3v) is 5.04. The van der Waals surface area contributed by atoms with E-state index in [1.165, 1.54) is 18.0 Å². The molecule has 208 valence electrons. The Morgan fingerprint density at radius 2 is 1.82 bits per heavy atom. The fourth-order valence-corrected chi connectivity index (χ4v) is 3.13. The number of nitrogens with zero attached hydrogens (tertiary/aromatic N) is 1. The van der Waals surface area contributed by atoms with E-state index in [1.807, 2.05) is 20.1 Å². The van der Waals surface area contributed by atoms with E-state index in [4.69, 9.17) is 15.6 Å². The van der Waals surface area contributed by atoms with Crippen molar-refractivity contribution in [1.29, 1.82) is 0 Å². The van der Waals surface area contributed by atoms with Gasteiger partial charge in [0.05, 0.1) is 5.69 Å². The Balaban J connectivity index is 0.00000135. The first-order valence-corrected chi connectivity index (χ1v) is 13.6. The van der Waals surface area contributed by atoms with Crippen molar-refractivity contribution in [2.24, 2.45) is 5.14 Å². The van der Waals surface area contributed by atoms with Gasteiger partial charge in [-0.05, 0) is 62.8 Å². The van der Waals surface area contributed by atoms with Gasteiger partial charge in [0.1, 0.15) is 35.0 Å². The van der Waals surface area contributed by atoms with Crippen molar-refractivity contribution in [2.75, 3.05) is 31.4 Å². The highest BCUT2D eigenvalue weighted by Gasteiger charge is 2.31. The van der Waals surface area contributed by atoms with Gasteiger partial charge in [0.25, 0.3) is 5.91 Å². The Bertz CT molecular complexity index is 1150. The number of aryl methyl sites for hydroxylation is 1. The molecule has 0 spiro atoms. The summed E-state index contributed by atoms with van der Waals surface area (Å²) >= 11 is 1.25. The number of rotatable bonds is 9. The fourth-order valence-electron chi connectivity index (χ4n) is 3.13. The molecule has 6 N–H and O–H groups in total. The van der Waals surface area contributed by atoms with Gasteiger partial charge >= 0.3 is 0 Å². The van der Waals surface area contributed by atoms with Gasteiger partial charge in [-0.3, -0.25) is 14.7 Å². The molecule has 1 aliphatic rings. The molecular formula is C28H40FN5O3S. The van der Waals surface area contributed by atoms with E-state index < -0.39 is 11.7 Å². The highest BCUT2D eigenvalue weighted by molar-refractivity contribution is 7.96. The first kappa shape index (κ1) is 32.5. The van der Waals surface area contributed by atoms with E-state index in [-0.39, 0.29) is 34.5 Å². The zero-order valence-electron chi connectivity index (χ0n) is 23.2. The standard InChI is InChI=1S/C25H29FN4O3.C2H6.CH5NS/c1-15-8-11-21(20(26)12-15)29-24(30(3)4)22(25(32)28-18-9-10-18)23(16(2)14-31)33-19-7-5-6-17(27)13-19;1-2;1-3-2/h5-8,11-14,18,29H,9-10,27H2,1-4H3,(H,28,32);1-2H3;2H2,1H3/b23-16+,24-22+;;. The number of halogens is 1. The summed E-state index contributed by atoms with van der Waals surface area (Å²) in [6, 6.07) is 11.5. The summed E-state index contributed by atoms with van der Waals surface area (Å²) in [6.07, 6.45) is 4.18. The predicted octanol–water partition coefficient (Wildman–Crippen LogP) is 4.98. The van der Waals surface area contributed by atoms with Crippen molar-refractivity contribution in [1.82, 2.24) is 10.2 Å². The second-order valence-corrected chi connectivity index (χ2v) is 8.99. The van der Waals surface area contributed by atoms with Gasteiger partial charge in [0.15, 0.2) is 0 Å². The lowest BCUT2D eigenvalue weighted by atomic mass is 10.1. The molecule has 3 rings (SSSR count). The maximum atomic E-state index is 14.7. The monoisotopic (exact) mass is 545 g/mol. The number of carbonyl (C=O) groups excluding carboxylic acids is 2. The first-order valence-electron chi connectivity index (χ1n) is 12.3. The molecule has 0 atom stereocenters. The van der Waals surface area contributed by atoms with Crippen molar-refractivity contribution >= 4 is 35.5 Å². The molecule has 0 heterocycles. The van der Waals surface area contributed by atoms with Gasteiger partial charge in [-0.1, -0.05) is 37.9 Å². The predicted molar refractivity (Wildman–Crippen MR) is 156 cm³/mol. The SMILES string of the molecule is C/C(C=O)=C(Oc1cccc(N)c1)/C(C(=O)NC1CC1)=C(/Nc1ccc(C)cc1F)N(C)C.CC.CSN. The van der Waals surface area contributed by atoms with Crippen LogP contribution < -0.4 is 26.2 Å². The van der Waals surface area contributed by atoms with E-state index >= 15 is 0 Å². The highest BCUT2D eigenvalue weighted by Crippen LogP contribution is 2.29. The lowest BCUT2D eigenvalue weighted by molar-refractivity contribution is -0.117. The summed E-state index contributed by atoms with van der Waals surface area (Å²) in [4.78, 5) is 26.8. The molecule has 8 nitrogen and oxygen atoms in total. The number of nitrogens with two attached hydrogens (primary N) is 2. The van der Waals surface area contributed by atoms with Gasteiger partial charge in [-0.2, -0.15) is 0 Å². The van der Waals surface area contributed by atoms with Crippen LogP contribution in [0.25, 0.3) is 0 Å². The third-order valence-electron chi connectivity index (χ3n) is 5.04. The number of ether oxygens (including phenoxy) is 1. The van der Waals surface area contributed by atoms with E-state index in [0.717, 1.165) is 18.4 Å². The largest absolute Gasteiger partial charge is 0.456 e. The first-order chi connectivity index (χ1) is 18.1. The zero-order chi connectivity index (χ0) is 28.8. The van der Waals surface area contributed by atoms with Crippen LogP contribution in [0.2, 0.25) is 0 Å². The highest BCUT2D eigenvalue weighted by atomic mass is 32.2. The molecule has 2 aromatic carbocycles. The Hall–Kier alpha value is -3.50. The summed E-state index contributed by atoms with van der Waals surface area (Å²) < 4.78 is 20.7. The molecule has 1 aliphatic carbocycles. The van der Waals surface area contributed by atoms with Crippen LogP contribution in [0.4, 0.5) is 15.8 Å². The van der Waals surface area contributed by atoms with Crippen molar-refractivity contribution in [3.8, 4) is 5.75 Å². The Morgan fingerprint density at radius 3 is 2.32 bits per heavy atom. The quantitative estimate of drug-likeness (QED) is 0.0869. The van der Waals surface area contributed by atoms with Crippen LogP contribution in [-0.2, 0) is 9.59 Å². The van der Waals surface area contributed by atoms with Gasteiger partial charge in [-0.25, -0.2) is 4.39 Å². The van der Waals surface area contributed by atoms with Crippen LogP contribution in [0.15, 0.2) is 65.2 Å². The minimum atomic E-state index is -0.467. The molecule has 38 heavy (non-hydrogen) atoms. The second-order valence-electron chi connectivity index (χ2n) is 8.51. The number of hydrogen-bond acceptors (Lipinski definition) is 8. The smallest absolute Gasteiger partial charge is 0.259 e. The third kappa shape index (κ3) is 10.1. The Kier molecular flexibility index (Phi) is 14.0. The summed E-state index contributed by atoms with van der Waals surface area (Å²) in [6.45, 7) is 7.34. The maximum absolute atomic E-state index is 14.7. The lowest BCUT2D eigenvalue weighted by Crippen LogP contribution is -2.34. The number of benzene rings is 2. The number of carbonyl (C=O) groups is 2. The number of hydrogen-bond donors (Lipinski definition) is 4. The minimum Gasteiger partial charge on any atom is -0.456 e. The van der Waals surface area contributed by atoms with E-state index in [9.17, 15) is 14.0 Å². The van der Waals surface area contributed by atoms with Crippen LogP contribution in [-0.4, -0.2) is 43.5 Å². The maximum Gasteiger partial charge on any atom is 0.259 e. The topological polar surface area (TPSA) is 123 Å². The summed E-state index contributed by atoms with van der Waals surface area (Å²) in [5.41, 5.74) is 7.58. The van der Waals surface area contributed by atoms with E-state index in [0.29, 0.717) is 17.7 Å². The molecule has 0 unspecified atom stereocenters. The molecule has 0 aromatic heterocycles. The second kappa shape index (κ2) is 16.4. The number of amides is 1. The molecule has 0 bridgehead atoms. The Morgan fingerprint density at radius 1 is 1.18 bits per heavy atom. The van der Waals surface area contributed by atoms with Crippen LogP contribution >= 0.6 is 11.9 Å². The Labute approximate surface area is 229 Å². The minimum absolute atomic E-state index is 0.0529. The molecule has 10 heteroatoms. The van der Waals surface area contributed by atoms with Crippen molar-refractivity contribution in [3.05, 3.63) is 76.6 Å². The molecule has 1 saturated carbocycles. The molecule has 1 amide bonds. The lowest BCUT2D eigenvalue weighted by Gasteiger charge is -2.25. The molecule has 2 aromatic rings. The fraction of sp³-hybridized carbons (Fsp3) is 0.357. The van der Waals surface area contributed by atoms with Crippen LogP contribution in [0.3, 0.4) is 0 Å². The summed E-state index contributed by atoms with van der Waals surface area (Å²) in [5.74, 6) is -0.206. The average Bonchev–Trinajstić information content (AvgIpc) is 3.69. The summed E-state index contributed by atoms with van der Waals surface area (Å²) in [7, 11) is 3.43. The summed E-state index contributed by atoms with van der Waals surface area (Å²) in [5, 5.41) is 10.7. The number of anilines is 2. The number of nitrogen functional groups attached to an aromatic ring is 1.